The molecule has 3 nitrogen and oxygen atoms in total. The van der Waals surface area contributed by atoms with Crippen LogP contribution in [-0.2, 0) is 9.47 Å². The standard InChI is InChI=1S/C10H9F3O3S/c1-15-4-16-10(14)7-8(13)5(11)3-6(12)9(7)17-2/h3H,4H2,1-2H3. The largest absolute Gasteiger partial charge is 0.435 e. The van der Waals surface area contributed by atoms with Crippen LogP contribution in [-0.4, -0.2) is 26.1 Å². The van der Waals surface area contributed by atoms with Gasteiger partial charge in [-0.05, 0) is 6.26 Å². The molecule has 0 aromatic heterocycles. The van der Waals surface area contributed by atoms with Crippen LogP contribution >= 0.6 is 11.8 Å². The number of benzene rings is 1. The van der Waals surface area contributed by atoms with Crippen LogP contribution < -0.4 is 0 Å². The van der Waals surface area contributed by atoms with Crippen LogP contribution in [0.4, 0.5) is 13.2 Å². The van der Waals surface area contributed by atoms with Crippen LogP contribution in [0.25, 0.3) is 0 Å². The zero-order valence-electron chi connectivity index (χ0n) is 9.05. The second kappa shape index (κ2) is 5.92. The lowest BCUT2D eigenvalue weighted by Crippen LogP contribution is -2.13. The maximum atomic E-state index is 13.4. The molecule has 0 saturated carbocycles. The van der Waals surface area contributed by atoms with Crippen molar-refractivity contribution in [3.05, 3.63) is 29.1 Å². The maximum absolute atomic E-state index is 13.4. The summed E-state index contributed by atoms with van der Waals surface area (Å²) in [5, 5.41) is 0. The highest BCUT2D eigenvalue weighted by Gasteiger charge is 2.25. The SMILES string of the molecule is COCOC(=O)c1c(F)c(F)cc(F)c1SC. The Bertz CT molecular complexity index is 437. The van der Waals surface area contributed by atoms with Crippen molar-refractivity contribution in [2.45, 2.75) is 4.90 Å². The van der Waals surface area contributed by atoms with Crippen molar-refractivity contribution in [1.29, 1.82) is 0 Å². The molecule has 7 heteroatoms. The van der Waals surface area contributed by atoms with Crippen molar-refractivity contribution in [3.8, 4) is 0 Å². The van der Waals surface area contributed by atoms with E-state index in [4.69, 9.17) is 0 Å². The smallest absolute Gasteiger partial charge is 0.344 e. The van der Waals surface area contributed by atoms with Gasteiger partial charge in [-0.3, -0.25) is 0 Å². The monoisotopic (exact) mass is 266 g/mol. The third kappa shape index (κ3) is 2.92. The molecule has 0 aliphatic rings. The Morgan fingerprint density at radius 1 is 1.35 bits per heavy atom. The molecule has 0 N–H and O–H groups in total. The summed E-state index contributed by atoms with van der Waals surface area (Å²) in [6.07, 6.45) is 1.43. The molecule has 1 aromatic rings. The van der Waals surface area contributed by atoms with E-state index < -0.39 is 35.8 Å². The average molecular weight is 266 g/mol. The number of carbonyl (C=O) groups is 1. The highest BCUT2D eigenvalue weighted by Crippen LogP contribution is 2.28. The maximum Gasteiger partial charge on any atom is 0.344 e. The molecule has 0 aliphatic carbocycles. The van der Waals surface area contributed by atoms with Gasteiger partial charge in [-0.25, -0.2) is 18.0 Å². The van der Waals surface area contributed by atoms with Crippen LogP contribution in [0, 0.1) is 17.5 Å². The van der Waals surface area contributed by atoms with E-state index >= 15 is 0 Å². The van der Waals surface area contributed by atoms with Gasteiger partial charge in [0, 0.05) is 13.2 Å². The van der Waals surface area contributed by atoms with Gasteiger partial charge in [-0.15, -0.1) is 11.8 Å². The fourth-order valence-electron chi connectivity index (χ4n) is 1.15. The van der Waals surface area contributed by atoms with E-state index in [0.717, 1.165) is 11.8 Å². The third-order valence-electron chi connectivity index (χ3n) is 1.84. The number of ether oxygens (including phenoxy) is 2. The number of esters is 1. The molecular weight excluding hydrogens is 257 g/mol. The zero-order chi connectivity index (χ0) is 13.0. The summed E-state index contributed by atoms with van der Waals surface area (Å²) in [5.74, 6) is -5.06. The number of hydrogen-bond acceptors (Lipinski definition) is 4. The Morgan fingerprint density at radius 3 is 2.53 bits per heavy atom. The van der Waals surface area contributed by atoms with Gasteiger partial charge in [0.2, 0.25) is 0 Å². The minimum Gasteiger partial charge on any atom is -0.435 e. The van der Waals surface area contributed by atoms with E-state index in [9.17, 15) is 18.0 Å². The summed E-state index contributed by atoms with van der Waals surface area (Å²) in [7, 11) is 1.26. The van der Waals surface area contributed by atoms with Crippen molar-refractivity contribution < 1.29 is 27.4 Å². The number of hydrogen-bond donors (Lipinski definition) is 0. The first-order valence-corrected chi connectivity index (χ1v) is 5.63. The van der Waals surface area contributed by atoms with Crippen molar-refractivity contribution >= 4 is 17.7 Å². The molecule has 0 saturated heterocycles. The number of methoxy groups -OCH3 is 1. The van der Waals surface area contributed by atoms with Crippen molar-refractivity contribution in [2.24, 2.45) is 0 Å². The normalized spacial score (nSPS) is 10.4. The van der Waals surface area contributed by atoms with Gasteiger partial charge >= 0.3 is 5.97 Å². The highest BCUT2D eigenvalue weighted by molar-refractivity contribution is 7.98. The van der Waals surface area contributed by atoms with Crippen molar-refractivity contribution in [1.82, 2.24) is 0 Å². The summed E-state index contributed by atoms with van der Waals surface area (Å²) >= 11 is 0.783. The number of thioether (sulfide) groups is 1. The molecule has 0 radical (unpaired) electrons. The van der Waals surface area contributed by atoms with Crippen molar-refractivity contribution in [2.75, 3.05) is 20.2 Å². The quantitative estimate of drug-likeness (QED) is 0.363. The second-order valence-electron chi connectivity index (χ2n) is 2.90. The Labute approximate surface area is 99.9 Å². The molecule has 0 bridgehead atoms. The number of rotatable bonds is 4. The summed E-state index contributed by atoms with van der Waals surface area (Å²) in [6.45, 7) is -0.426. The first-order chi connectivity index (χ1) is 8.02. The fourth-order valence-corrected chi connectivity index (χ4v) is 1.78. The van der Waals surface area contributed by atoms with Gasteiger partial charge in [0.05, 0.1) is 4.90 Å². The number of carbonyl (C=O) groups excluding carboxylic acids is 1. The van der Waals surface area contributed by atoms with Crippen LogP contribution in [0.3, 0.4) is 0 Å². The average Bonchev–Trinajstić information content (AvgIpc) is 2.30. The summed E-state index contributed by atoms with van der Waals surface area (Å²) < 4.78 is 48.6. The fraction of sp³-hybridized carbons (Fsp3) is 0.300. The molecule has 0 fully saturated rings. The Balaban J connectivity index is 3.24. The summed E-state index contributed by atoms with van der Waals surface area (Å²) in [6, 6.07) is 0.383. The van der Waals surface area contributed by atoms with Gasteiger partial charge in [-0.2, -0.15) is 0 Å². The van der Waals surface area contributed by atoms with Gasteiger partial charge in [0.25, 0.3) is 0 Å². The van der Waals surface area contributed by atoms with Gasteiger partial charge in [0.15, 0.2) is 18.4 Å². The van der Waals surface area contributed by atoms with E-state index in [1.54, 1.807) is 0 Å². The lowest BCUT2D eigenvalue weighted by atomic mass is 10.2. The van der Waals surface area contributed by atoms with Crippen LogP contribution in [0.15, 0.2) is 11.0 Å². The molecular formula is C10H9F3O3S. The molecule has 0 heterocycles. The molecule has 0 aliphatic heterocycles. The van der Waals surface area contributed by atoms with Crippen LogP contribution in [0.1, 0.15) is 10.4 Å². The van der Waals surface area contributed by atoms with Crippen LogP contribution in [0.2, 0.25) is 0 Å². The Kier molecular flexibility index (Phi) is 4.83. The van der Waals surface area contributed by atoms with E-state index in [1.165, 1.54) is 13.4 Å². The first kappa shape index (κ1) is 13.9. The highest BCUT2D eigenvalue weighted by atomic mass is 32.2. The molecule has 0 unspecified atom stereocenters. The molecule has 1 aromatic carbocycles. The molecule has 0 amide bonds. The first-order valence-electron chi connectivity index (χ1n) is 4.40. The topological polar surface area (TPSA) is 35.5 Å². The Hall–Kier alpha value is -1.21. The minimum atomic E-state index is -1.44. The predicted molar refractivity (Wildman–Crippen MR) is 55.4 cm³/mol. The van der Waals surface area contributed by atoms with E-state index in [2.05, 4.69) is 9.47 Å². The molecule has 17 heavy (non-hydrogen) atoms. The summed E-state index contributed by atoms with van der Waals surface area (Å²) in [4.78, 5) is 11.1. The van der Waals surface area contributed by atoms with Crippen molar-refractivity contribution in [3.63, 3.8) is 0 Å². The Morgan fingerprint density at radius 2 is 2.00 bits per heavy atom. The molecule has 94 valence electrons. The van der Waals surface area contributed by atoms with Gasteiger partial charge < -0.3 is 9.47 Å². The third-order valence-corrected chi connectivity index (χ3v) is 2.65. The van der Waals surface area contributed by atoms with E-state index in [1.807, 2.05) is 0 Å². The second-order valence-corrected chi connectivity index (χ2v) is 3.72. The predicted octanol–water partition coefficient (Wildman–Crippen LogP) is 2.59. The number of halogens is 3. The summed E-state index contributed by atoms with van der Waals surface area (Å²) in [5.41, 5.74) is -0.757. The lowest BCUT2D eigenvalue weighted by Gasteiger charge is -2.09. The van der Waals surface area contributed by atoms with Crippen LogP contribution in [0.5, 0.6) is 0 Å². The molecule has 0 atom stereocenters. The lowest BCUT2D eigenvalue weighted by molar-refractivity contribution is -0.0133. The van der Waals surface area contributed by atoms with Gasteiger partial charge in [-0.1, -0.05) is 0 Å². The molecule has 0 spiro atoms. The minimum absolute atomic E-state index is 0.301. The van der Waals surface area contributed by atoms with E-state index in [-0.39, 0.29) is 4.90 Å². The molecule has 1 rings (SSSR count). The zero-order valence-corrected chi connectivity index (χ0v) is 9.87. The van der Waals surface area contributed by atoms with Gasteiger partial charge in [0.1, 0.15) is 11.4 Å². The van der Waals surface area contributed by atoms with E-state index in [0.29, 0.717) is 6.07 Å².